The Morgan fingerprint density at radius 3 is 2.56 bits per heavy atom. The molecule has 98 valence electrons. The Kier molecular flexibility index (Phi) is 2.97. The Balaban J connectivity index is 2.40. The van der Waals surface area contributed by atoms with E-state index in [1.165, 1.54) is 9.58 Å². The molecule has 0 N–H and O–H groups in total. The highest BCUT2D eigenvalue weighted by Crippen LogP contribution is 2.36. The van der Waals surface area contributed by atoms with Crippen LogP contribution in [0.3, 0.4) is 0 Å². The summed E-state index contributed by atoms with van der Waals surface area (Å²) in [5, 5.41) is 13.1. The number of anilines is 1. The molecule has 7 heteroatoms. The Morgan fingerprint density at radius 1 is 1.50 bits per heavy atom. The van der Waals surface area contributed by atoms with E-state index in [1.807, 2.05) is 6.07 Å². The normalized spacial score (nSPS) is 15.6. The van der Waals surface area contributed by atoms with Crippen molar-refractivity contribution < 1.29 is 13.2 Å². The molecule has 0 spiro atoms. The molecule has 0 bridgehead atoms. The van der Waals surface area contributed by atoms with Gasteiger partial charge in [-0.1, -0.05) is 0 Å². The van der Waals surface area contributed by atoms with Crippen molar-refractivity contribution in [2.24, 2.45) is 7.05 Å². The van der Waals surface area contributed by atoms with Crippen molar-refractivity contribution in [2.45, 2.75) is 32.0 Å². The summed E-state index contributed by atoms with van der Waals surface area (Å²) in [7, 11) is 1.56. The minimum Gasteiger partial charge on any atom is -0.344 e. The SMILES string of the molecule is Cc1nn(C)c(N(CC(F)(F)F)C2CC2)c1C#N. The van der Waals surface area contributed by atoms with Crippen LogP contribution < -0.4 is 4.90 Å². The van der Waals surface area contributed by atoms with Gasteiger partial charge in [-0.2, -0.15) is 23.5 Å². The van der Waals surface area contributed by atoms with Crippen molar-refractivity contribution in [3.63, 3.8) is 0 Å². The van der Waals surface area contributed by atoms with Crippen LogP contribution in [0.4, 0.5) is 19.0 Å². The predicted molar refractivity (Wildman–Crippen MR) is 59.1 cm³/mol. The van der Waals surface area contributed by atoms with Gasteiger partial charge in [0.05, 0.1) is 5.69 Å². The first-order valence-electron chi connectivity index (χ1n) is 5.60. The van der Waals surface area contributed by atoms with Gasteiger partial charge in [0.15, 0.2) is 0 Å². The van der Waals surface area contributed by atoms with Gasteiger partial charge in [-0.05, 0) is 19.8 Å². The summed E-state index contributed by atoms with van der Waals surface area (Å²) in [5.74, 6) is 0.273. The Hall–Kier alpha value is -1.71. The zero-order valence-corrected chi connectivity index (χ0v) is 10.1. The Morgan fingerprint density at radius 2 is 2.11 bits per heavy atom. The number of aromatic nitrogens is 2. The molecule has 1 aromatic rings. The molecule has 18 heavy (non-hydrogen) atoms. The number of aryl methyl sites for hydroxylation is 2. The highest BCUT2D eigenvalue weighted by Gasteiger charge is 2.40. The molecule has 2 rings (SSSR count). The van der Waals surface area contributed by atoms with Crippen molar-refractivity contribution in [3.8, 4) is 6.07 Å². The second kappa shape index (κ2) is 4.19. The van der Waals surface area contributed by atoms with Gasteiger partial charge in [-0.25, -0.2) is 0 Å². The average molecular weight is 258 g/mol. The van der Waals surface area contributed by atoms with Crippen molar-refractivity contribution in [1.29, 1.82) is 5.26 Å². The number of nitrogens with zero attached hydrogens (tertiary/aromatic N) is 4. The second-order valence-electron chi connectivity index (χ2n) is 4.49. The van der Waals surface area contributed by atoms with E-state index in [0.717, 1.165) is 12.8 Å². The molecule has 4 nitrogen and oxygen atoms in total. The van der Waals surface area contributed by atoms with Gasteiger partial charge in [0, 0.05) is 13.1 Å². The van der Waals surface area contributed by atoms with E-state index in [4.69, 9.17) is 5.26 Å². The molecule has 0 amide bonds. The van der Waals surface area contributed by atoms with E-state index in [2.05, 4.69) is 5.10 Å². The van der Waals surface area contributed by atoms with Crippen LogP contribution in [0.1, 0.15) is 24.1 Å². The minimum absolute atomic E-state index is 0.131. The van der Waals surface area contributed by atoms with Crippen LogP contribution in [0.2, 0.25) is 0 Å². The maximum absolute atomic E-state index is 12.6. The molecular formula is C11H13F3N4. The highest BCUT2D eigenvalue weighted by molar-refractivity contribution is 5.58. The molecule has 0 unspecified atom stereocenters. The number of halogens is 3. The molecule has 0 aromatic carbocycles. The maximum Gasteiger partial charge on any atom is 0.405 e. The monoisotopic (exact) mass is 258 g/mol. The van der Waals surface area contributed by atoms with E-state index in [-0.39, 0.29) is 17.4 Å². The summed E-state index contributed by atoms with van der Waals surface area (Å²) < 4.78 is 39.2. The van der Waals surface area contributed by atoms with Gasteiger partial charge in [0.25, 0.3) is 0 Å². The van der Waals surface area contributed by atoms with Gasteiger partial charge in [-0.3, -0.25) is 4.68 Å². The van der Waals surface area contributed by atoms with Crippen LogP contribution in [0.15, 0.2) is 0 Å². The number of rotatable bonds is 3. The molecule has 0 aliphatic heterocycles. The number of alkyl halides is 3. The largest absolute Gasteiger partial charge is 0.405 e. The van der Waals surface area contributed by atoms with E-state index in [0.29, 0.717) is 5.69 Å². The third-order valence-electron chi connectivity index (χ3n) is 2.91. The van der Waals surface area contributed by atoms with E-state index in [1.54, 1.807) is 14.0 Å². The van der Waals surface area contributed by atoms with Crippen LogP contribution in [0, 0.1) is 18.3 Å². The zero-order valence-electron chi connectivity index (χ0n) is 10.1. The fourth-order valence-corrected chi connectivity index (χ4v) is 2.06. The standard InChI is InChI=1S/C11H13F3N4/c1-7-9(5-15)10(17(2)16-7)18(8-3-4-8)6-11(12,13)14/h8H,3-4,6H2,1-2H3. The Labute approximate surface area is 103 Å². The maximum atomic E-state index is 12.6. The molecule has 1 aliphatic rings. The third-order valence-corrected chi connectivity index (χ3v) is 2.91. The van der Waals surface area contributed by atoms with Crippen LogP contribution in [0.5, 0.6) is 0 Å². The van der Waals surface area contributed by atoms with Gasteiger partial charge in [-0.15, -0.1) is 0 Å². The lowest BCUT2D eigenvalue weighted by Gasteiger charge is -2.25. The molecule has 1 aromatic heterocycles. The summed E-state index contributed by atoms with van der Waals surface area (Å²) in [6.45, 7) is 0.589. The lowest BCUT2D eigenvalue weighted by atomic mass is 10.2. The molecule has 1 fully saturated rings. The lowest BCUT2D eigenvalue weighted by molar-refractivity contribution is -0.120. The first-order valence-corrected chi connectivity index (χ1v) is 5.60. The molecule has 0 atom stereocenters. The third kappa shape index (κ3) is 2.42. The summed E-state index contributed by atoms with van der Waals surface area (Å²) in [4.78, 5) is 1.25. The Bertz CT molecular complexity index is 494. The van der Waals surface area contributed by atoms with Crippen LogP contribution in [-0.4, -0.2) is 28.5 Å². The van der Waals surface area contributed by atoms with Gasteiger partial charge >= 0.3 is 6.18 Å². The van der Waals surface area contributed by atoms with E-state index >= 15 is 0 Å². The fraction of sp³-hybridized carbons (Fsp3) is 0.636. The van der Waals surface area contributed by atoms with Crippen LogP contribution >= 0.6 is 0 Å². The average Bonchev–Trinajstić information content (AvgIpc) is 3.00. The first kappa shape index (κ1) is 12.7. The molecule has 0 saturated heterocycles. The fourth-order valence-electron chi connectivity index (χ4n) is 2.06. The molecule has 1 saturated carbocycles. The van der Waals surface area contributed by atoms with Gasteiger partial charge < -0.3 is 4.90 Å². The molecular weight excluding hydrogens is 245 g/mol. The molecule has 1 heterocycles. The van der Waals surface area contributed by atoms with E-state index in [9.17, 15) is 13.2 Å². The number of hydrogen-bond acceptors (Lipinski definition) is 3. The van der Waals surface area contributed by atoms with Crippen LogP contribution in [0.25, 0.3) is 0 Å². The van der Waals surface area contributed by atoms with Crippen molar-refractivity contribution >= 4 is 5.82 Å². The zero-order chi connectivity index (χ0) is 13.5. The summed E-state index contributed by atoms with van der Waals surface area (Å²) >= 11 is 0. The lowest BCUT2D eigenvalue weighted by Crippen LogP contribution is -2.37. The summed E-state index contributed by atoms with van der Waals surface area (Å²) in [6, 6.07) is 1.81. The molecule has 1 aliphatic carbocycles. The topological polar surface area (TPSA) is 44.9 Å². The molecule has 0 radical (unpaired) electrons. The van der Waals surface area contributed by atoms with Gasteiger partial charge in [0.2, 0.25) is 0 Å². The number of nitriles is 1. The smallest absolute Gasteiger partial charge is 0.344 e. The van der Waals surface area contributed by atoms with Crippen molar-refractivity contribution in [3.05, 3.63) is 11.3 Å². The minimum atomic E-state index is -4.28. The predicted octanol–water partition coefficient (Wildman–Crippen LogP) is 2.13. The van der Waals surface area contributed by atoms with Crippen molar-refractivity contribution in [1.82, 2.24) is 9.78 Å². The second-order valence-corrected chi connectivity index (χ2v) is 4.49. The quantitative estimate of drug-likeness (QED) is 0.834. The van der Waals surface area contributed by atoms with Crippen molar-refractivity contribution in [2.75, 3.05) is 11.4 Å². The first-order chi connectivity index (χ1) is 8.33. The summed E-state index contributed by atoms with van der Waals surface area (Å²) in [5.41, 5.74) is 0.691. The highest BCUT2D eigenvalue weighted by atomic mass is 19.4. The van der Waals surface area contributed by atoms with E-state index < -0.39 is 12.7 Å². The van der Waals surface area contributed by atoms with Crippen LogP contribution in [-0.2, 0) is 7.05 Å². The number of hydrogen-bond donors (Lipinski definition) is 0. The van der Waals surface area contributed by atoms with Gasteiger partial charge in [0.1, 0.15) is 24.0 Å². The summed E-state index contributed by atoms with van der Waals surface area (Å²) in [6.07, 6.45) is -2.83.